The maximum atomic E-state index is 15.8. The third-order valence-corrected chi connectivity index (χ3v) is 8.14. The monoisotopic (exact) mass is 497 g/mol. The standard InChI is InChI=1S/C23H23F4N3O3S/c1-9-15(14-8-11-7-10(3-6-13(11)34-14)20(28)23(25,26)27)17(24)19(33-2)16-18(9)30(12-4-5-12)22(32)29-21(16)31/h8,10,12,20H,3-7,28H2,1-2H3,(H,29,31,32). The highest BCUT2D eigenvalue weighted by Crippen LogP contribution is 2.46. The summed E-state index contributed by atoms with van der Waals surface area (Å²) in [4.78, 5) is 29.0. The molecule has 0 spiro atoms. The minimum atomic E-state index is -4.48. The number of fused-ring (bicyclic) bond motifs is 2. The van der Waals surface area contributed by atoms with Gasteiger partial charge in [0.1, 0.15) is 11.4 Å². The molecule has 182 valence electrons. The van der Waals surface area contributed by atoms with Crippen LogP contribution in [0.3, 0.4) is 0 Å². The molecular formula is C23H23F4N3O3S. The second-order valence-corrected chi connectivity index (χ2v) is 10.2. The first kappa shape index (κ1) is 23.1. The van der Waals surface area contributed by atoms with Crippen molar-refractivity contribution >= 4 is 22.2 Å². The van der Waals surface area contributed by atoms with Crippen LogP contribution in [-0.2, 0) is 12.8 Å². The molecule has 34 heavy (non-hydrogen) atoms. The quantitative estimate of drug-likeness (QED) is 0.529. The number of rotatable bonds is 4. The number of nitrogens with two attached hydrogens (primary N) is 1. The molecule has 1 saturated carbocycles. The Morgan fingerprint density at radius 1 is 1.26 bits per heavy atom. The smallest absolute Gasteiger partial charge is 0.403 e. The van der Waals surface area contributed by atoms with Gasteiger partial charge in [0.2, 0.25) is 0 Å². The zero-order valence-electron chi connectivity index (χ0n) is 18.5. The first-order chi connectivity index (χ1) is 16.0. The summed E-state index contributed by atoms with van der Waals surface area (Å²) >= 11 is 1.31. The van der Waals surface area contributed by atoms with Crippen LogP contribution in [0, 0.1) is 18.7 Å². The lowest BCUT2D eigenvalue weighted by Crippen LogP contribution is -2.45. The predicted molar refractivity (Wildman–Crippen MR) is 121 cm³/mol. The second-order valence-electron chi connectivity index (χ2n) is 9.06. The fourth-order valence-electron chi connectivity index (χ4n) is 5.05. The van der Waals surface area contributed by atoms with Gasteiger partial charge in [-0.05, 0) is 62.1 Å². The fraction of sp³-hybridized carbons (Fsp3) is 0.478. The molecule has 3 N–H and O–H groups in total. The van der Waals surface area contributed by atoms with Crippen molar-refractivity contribution < 1.29 is 22.3 Å². The maximum absolute atomic E-state index is 15.8. The van der Waals surface area contributed by atoms with Gasteiger partial charge in [-0.3, -0.25) is 14.3 Å². The van der Waals surface area contributed by atoms with Gasteiger partial charge in [0.05, 0.1) is 12.6 Å². The molecule has 2 unspecified atom stereocenters. The van der Waals surface area contributed by atoms with Crippen LogP contribution >= 0.6 is 11.3 Å². The van der Waals surface area contributed by atoms with Gasteiger partial charge in [-0.2, -0.15) is 13.2 Å². The Hall–Kier alpha value is -2.66. The number of nitrogens with zero attached hydrogens (tertiary/aromatic N) is 1. The van der Waals surface area contributed by atoms with Crippen LogP contribution in [0.25, 0.3) is 21.3 Å². The summed E-state index contributed by atoms with van der Waals surface area (Å²) in [5, 5.41) is -0.0229. The Balaban J connectivity index is 1.69. The first-order valence-corrected chi connectivity index (χ1v) is 11.8. The van der Waals surface area contributed by atoms with Gasteiger partial charge in [-0.1, -0.05) is 0 Å². The Morgan fingerprint density at radius 3 is 2.59 bits per heavy atom. The molecule has 0 aliphatic heterocycles. The zero-order chi connectivity index (χ0) is 24.5. The van der Waals surface area contributed by atoms with Crippen LogP contribution in [0.1, 0.15) is 41.3 Å². The van der Waals surface area contributed by atoms with E-state index in [4.69, 9.17) is 10.5 Å². The second kappa shape index (κ2) is 7.94. The van der Waals surface area contributed by atoms with Gasteiger partial charge in [-0.15, -0.1) is 11.3 Å². The van der Waals surface area contributed by atoms with Crippen LogP contribution in [0.2, 0.25) is 0 Å². The Kier molecular flexibility index (Phi) is 5.40. The highest BCUT2D eigenvalue weighted by atomic mass is 32.1. The summed E-state index contributed by atoms with van der Waals surface area (Å²) in [6.07, 6.45) is -2.06. The minimum absolute atomic E-state index is 0.0229. The average Bonchev–Trinajstić information content (AvgIpc) is 3.51. The van der Waals surface area contributed by atoms with E-state index in [0.717, 1.165) is 23.3 Å². The molecule has 6 nitrogen and oxygen atoms in total. The first-order valence-electron chi connectivity index (χ1n) is 11.0. The van der Waals surface area contributed by atoms with E-state index in [-0.39, 0.29) is 29.2 Å². The number of aryl methyl sites for hydroxylation is 2. The third kappa shape index (κ3) is 3.56. The number of ether oxygens (including phenoxy) is 1. The zero-order valence-corrected chi connectivity index (χ0v) is 19.3. The molecule has 2 aromatic heterocycles. The summed E-state index contributed by atoms with van der Waals surface area (Å²) in [5.41, 5.74) is 5.85. The van der Waals surface area contributed by atoms with Gasteiger partial charge in [0.15, 0.2) is 11.6 Å². The number of alkyl halides is 3. The molecule has 1 fully saturated rings. The molecule has 0 bridgehead atoms. The SMILES string of the molecule is COc1c(F)c(-c2cc3c(s2)CCC(C(N)C(F)(F)F)C3)c(C)c2c1c(=O)[nH]c(=O)n2C1CC1. The highest BCUT2D eigenvalue weighted by Gasteiger charge is 2.43. The molecule has 2 aliphatic carbocycles. The lowest BCUT2D eigenvalue weighted by Gasteiger charge is -2.28. The molecule has 5 rings (SSSR count). The number of H-pyrrole nitrogens is 1. The maximum Gasteiger partial charge on any atom is 0.403 e. The van der Waals surface area contributed by atoms with Crippen LogP contribution < -0.4 is 21.7 Å². The number of benzene rings is 1. The van der Waals surface area contributed by atoms with E-state index in [9.17, 15) is 22.8 Å². The van der Waals surface area contributed by atoms with Gasteiger partial charge in [0, 0.05) is 21.4 Å². The van der Waals surface area contributed by atoms with Crippen LogP contribution in [-0.4, -0.2) is 28.9 Å². The molecule has 2 aliphatic rings. The van der Waals surface area contributed by atoms with E-state index in [0.29, 0.717) is 28.8 Å². The van der Waals surface area contributed by atoms with E-state index in [1.54, 1.807) is 13.0 Å². The number of aromatic amines is 1. The molecule has 0 amide bonds. The largest absolute Gasteiger partial charge is 0.493 e. The number of halogens is 4. The fourth-order valence-corrected chi connectivity index (χ4v) is 6.35. The van der Waals surface area contributed by atoms with E-state index >= 15 is 4.39 Å². The number of hydrogen-bond donors (Lipinski definition) is 2. The number of aromatic nitrogens is 2. The molecule has 3 aromatic rings. The van der Waals surface area contributed by atoms with Crippen LogP contribution in [0.5, 0.6) is 5.75 Å². The summed E-state index contributed by atoms with van der Waals surface area (Å²) in [7, 11) is 1.26. The molecule has 2 atom stereocenters. The van der Waals surface area contributed by atoms with Crippen molar-refractivity contribution in [1.29, 1.82) is 0 Å². The number of methoxy groups -OCH3 is 1. The average molecular weight is 498 g/mol. The third-order valence-electron chi connectivity index (χ3n) is 6.89. The van der Waals surface area contributed by atoms with Crippen molar-refractivity contribution in [2.45, 2.75) is 57.3 Å². The predicted octanol–water partition coefficient (Wildman–Crippen LogP) is 4.20. The number of hydrogen-bond acceptors (Lipinski definition) is 5. The number of thiophene rings is 1. The molecule has 2 heterocycles. The van der Waals surface area contributed by atoms with Crippen molar-refractivity contribution in [3.8, 4) is 16.2 Å². The van der Waals surface area contributed by atoms with Gasteiger partial charge < -0.3 is 10.5 Å². The summed E-state index contributed by atoms with van der Waals surface area (Å²) in [6.45, 7) is 1.65. The lowest BCUT2D eigenvalue weighted by atomic mass is 9.83. The molecule has 1 aromatic carbocycles. The van der Waals surface area contributed by atoms with Crippen molar-refractivity contribution in [2.75, 3.05) is 7.11 Å². The topological polar surface area (TPSA) is 90.1 Å². The van der Waals surface area contributed by atoms with Gasteiger partial charge in [-0.25, -0.2) is 9.18 Å². The normalized spacial score (nSPS) is 19.3. The van der Waals surface area contributed by atoms with E-state index in [2.05, 4.69) is 4.98 Å². The van der Waals surface area contributed by atoms with Crippen molar-refractivity contribution in [3.05, 3.63) is 48.7 Å². The Bertz CT molecular complexity index is 1420. The summed E-state index contributed by atoms with van der Waals surface area (Å²) < 4.78 is 62.0. The highest BCUT2D eigenvalue weighted by molar-refractivity contribution is 7.15. The van der Waals surface area contributed by atoms with Crippen molar-refractivity contribution in [2.24, 2.45) is 11.7 Å². The molecule has 0 saturated heterocycles. The minimum Gasteiger partial charge on any atom is -0.493 e. The summed E-state index contributed by atoms with van der Waals surface area (Å²) in [6, 6.07) is -0.295. The Morgan fingerprint density at radius 2 is 1.97 bits per heavy atom. The van der Waals surface area contributed by atoms with Crippen LogP contribution in [0.15, 0.2) is 15.7 Å². The lowest BCUT2D eigenvalue weighted by molar-refractivity contribution is -0.159. The van der Waals surface area contributed by atoms with E-state index < -0.39 is 35.2 Å². The molecular weight excluding hydrogens is 474 g/mol. The Labute approximate surface area is 195 Å². The molecule has 11 heteroatoms. The van der Waals surface area contributed by atoms with Crippen LogP contribution in [0.4, 0.5) is 17.6 Å². The van der Waals surface area contributed by atoms with Crippen molar-refractivity contribution in [3.63, 3.8) is 0 Å². The van der Waals surface area contributed by atoms with Crippen molar-refractivity contribution in [1.82, 2.24) is 9.55 Å². The summed E-state index contributed by atoms with van der Waals surface area (Å²) in [5.74, 6) is -1.73. The van der Waals surface area contributed by atoms with Gasteiger partial charge in [0.25, 0.3) is 5.56 Å². The molecule has 0 radical (unpaired) electrons. The van der Waals surface area contributed by atoms with E-state index in [1.807, 2.05) is 0 Å². The van der Waals surface area contributed by atoms with Gasteiger partial charge >= 0.3 is 11.9 Å². The van der Waals surface area contributed by atoms with E-state index in [1.165, 1.54) is 23.0 Å². The number of nitrogens with one attached hydrogen (secondary N) is 1.